The Balaban J connectivity index is 1.63. The zero-order chi connectivity index (χ0) is 38.4. The number of rotatable bonds is 10. The highest BCUT2D eigenvalue weighted by Gasteiger charge is 2.50. The van der Waals surface area contributed by atoms with Crippen molar-refractivity contribution in [2.75, 3.05) is 13.2 Å². The molecule has 5 rings (SSSR count). The fourth-order valence-corrected chi connectivity index (χ4v) is 6.30. The summed E-state index contributed by atoms with van der Waals surface area (Å²) < 4.78 is 22.3. The molecule has 2 aromatic carbocycles. The van der Waals surface area contributed by atoms with Crippen LogP contribution in [0.2, 0.25) is 0 Å². The van der Waals surface area contributed by atoms with E-state index in [1.165, 1.54) is 24.3 Å². The Hall–Kier alpha value is -4.41. The van der Waals surface area contributed by atoms with Crippen molar-refractivity contribution in [1.82, 2.24) is 0 Å². The van der Waals surface area contributed by atoms with Gasteiger partial charge in [-0.25, -0.2) is 0 Å². The molecule has 2 aliphatic heterocycles. The van der Waals surface area contributed by atoms with E-state index in [0.29, 0.717) is 0 Å². The summed E-state index contributed by atoms with van der Waals surface area (Å²) >= 11 is 0. The van der Waals surface area contributed by atoms with Gasteiger partial charge in [0.15, 0.2) is 11.0 Å². The molecule has 3 aromatic rings. The number of carboxylic acid groups (broad SMARTS) is 1. The molecule has 1 unspecified atom stereocenters. The van der Waals surface area contributed by atoms with Crippen molar-refractivity contribution in [3.63, 3.8) is 0 Å². The second kappa shape index (κ2) is 14.9. The van der Waals surface area contributed by atoms with E-state index >= 15 is 0 Å². The second-order valence-electron chi connectivity index (χ2n) is 13.0. The van der Waals surface area contributed by atoms with Gasteiger partial charge in [-0.15, -0.1) is 0 Å². The average Bonchev–Trinajstić information content (AvgIpc) is 3.06. The predicted molar refractivity (Wildman–Crippen MR) is 170 cm³/mol. The first-order valence-electron chi connectivity index (χ1n) is 15.8. The van der Waals surface area contributed by atoms with E-state index in [9.17, 15) is 70.6 Å². The minimum absolute atomic E-state index is 0.134. The molecule has 0 aliphatic carbocycles. The summed E-state index contributed by atoms with van der Waals surface area (Å²) in [6.07, 6.45) is -21.2. The van der Waals surface area contributed by atoms with Crippen molar-refractivity contribution in [3.8, 4) is 28.6 Å². The lowest BCUT2D eigenvalue weighted by Crippen LogP contribution is -2.56. The Kier molecular flexibility index (Phi) is 11.1. The van der Waals surface area contributed by atoms with Crippen molar-refractivity contribution < 1.29 is 89.5 Å². The lowest BCUT2D eigenvalue weighted by molar-refractivity contribution is -0.236. The van der Waals surface area contributed by atoms with Crippen LogP contribution in [-0.4, -0.2) is 141 Å². The summed E-state index contributed by atoms with van der Waals surface area (Å²) in [5, 5.41) is 126. The normalized spacial score (nSPS) is 30.5. The third kappa shape index (κ3) is 7.41. The molecule has 284 valence electrons. The SMILES string of the molecule is CC(O)(CC(=O)O)CC(=O)OC[C@H]1O[C@@H](c2c(O)c([C@@H]3O[C@H](CO)[C@@H](O)[C@H](O)[C@H]3O)c3oc(-c4ccc(O)cc4)cc(=O)c3c2O)[C@H](O)[C@@H](O)[C@@H]1O. The molecule has 19 heteroatoms. The van der Waals surface area contributed by atoms with Crippen LogP contribution < -0.4 is 5.43 Å². The van der Waals surface area contributed by atoms with E-state index in [2.05, 4.69) is 0 Å². The zero-order valence-corrected chi connectivity index (χ0v) is 27.2. The van der Waals surface area contributed by atoms with Crippen LogP contribution in [0.1, 0.15) is 43.1 Å². The first kappa shape index (κ1) is 38.8. The highest BCUT2D eigenvalue weighted by atomic mass is 16.6. The van der Waals surface area contributed by atoms with Crippen LogP contribution in [0.25, 0.3) is 22.3 Å². The van der Waals surface area contributed by atoms with Gasteiger partial charge in [-0.05, 0) is 31.2 Å². The monoisotopic (exact) mass is 738 g/mol. The predicted octanol–water partition coefficient (Wildman–Crippen LogP) is -2.23. The van der Waals surface area contributed by atoms with Crippen LogP contribution >= 0.6 is 0 Å². The molecule has 52 heavy (non-hydrogen) atoms. The smallest absolute Gasteiger partial charge is 0.308 e. The van der Waals surface area contributed by atoms with Crippen molar-refractivity contribution in [2.24, 2.45) is 0 Å². The van der Waals surface area contributed by atoms with Crippen LogP contribution in [0.5, 0.6) is 17.2 Å². The Morgan fingerprint density at radius 3 is 1.92 bits per heavy atom. The Morgan fingerprint density at radius 1 is 0.788 bits per heavy atom. The molecule has 2 aliphatic rings. The lowest BCUT2D eigenvalue weighted by Gasteiger charge is -2.42. The van der Waals surface area contributed by atoms with Crippen LogP contribution in [0.4, 0.5) is 0 Å². The molecular formula is C33H38O19. The van der Waals surface area contributed by atoms with Gasteiger partial charge in [0.2, 0.25) is 0 Å². The number of esters is 1. The first-order chi connectivity index (χ1) is 24.4. The molecule has 0 spiro atoms. The molecule has 11 atom stereocenters. The third-order valence-corrected chi connectivity index (χ3v) is 8.99. The number of aliphatic hydroxyl groups is 8. The molecule has 19 nitrogen and oxygen atoms in total. The fourth-order valence-electron chi connectivity index (χ4n) is 6.30. The number of phenols is 3. The number of hydrogen-bond donors (Lipinski definition) is 12. The molecule has 0 saturated carbocycles. The van der Waals surface area contributed by atoms with E-state index in [1.54, 1.807) is 0 Å². The van der Waals surface area contributed by atoms with E-state index < -0.39 is 144 Å². The highest BCUT2D eigenvalue weighted by Crippen LogP contribution is 2.51. The molecule has 0 bridgehead atoms. The summed E-state index contributed by atoms with van der Waals surface area (Å²) in [5.74, 6) is -5.07. The van der Waals surface area contributed by atoms with Crippen LogP contribution in [-0.2, 0) is 23.8 Å². The largest absolute Gasteiger partial charge is 0.508 e. The number of aromatic hydroxyl groups is 3. The molecule has 2 saturated heterocycles. The number of phenolic OH excluding ortho intramolecular Hbond substituents is 3. The van der Waals surface area contributed by atoms with Gasteiger partial charge in [0.25, 0.3) is 0 Å². The van der Waals surface area contributed by atoms with Gasteiger partial charge in [-0.2, -0.15) is 0 Å². The lowest BCUT2D eigenvalue weighted by atomic mass is 9.85. The maximum absolute atomic E-state index is 13.7. The van der Waals surface area contributed by atoms with Crippen molar-refractivity contribution in [3.05, 3.63) is 51.7 Å². The number of hydrogen-bond acceptors (Lipinski definition) is 18. The fraction of sp³-hybridized carbons (Fsp3) is 0.485. The van der Waals surface area contributed by atoms with Crippen molar-refractivity contribution in [1.29, 1.82) is 0 Å². The van der Waals surface area contributed by atoms with Gasteiger partial charge >= 0.3 is 11.9 Å². The average molecular weight is 739 g/mol. The molecule has 12 N–H and O–H groups in total. The number of fused-ring (bicyclic) bond motifs is 1. The van der Waals surface area contributed by atoms with E-state index in [1.807, 2.05) is 0 Å². The van der Waals surface area contributed by atoms with Gasteiger partial charge in [0.1, 0.15) is 96.0 Å². The van der Waals surface area contributed by atoms with Gasteiger partial charge < -0.3 is 79.9 Å². The quantitative estimate of drug-likeness (QED) is 0.0979. The summed E-state index contributed by atoms with van der Waals surface area (Å²) in [6, 6.07) is 6.18. The summed E-state index contributed by atoms with van der Waals surface area (Å²) in [4.78, 5) is 37.1. The number of carbonyl (C=O) groups excluding carboxylic acids is 1. The zero-order valence-electron chi connectivity index (χ0n) is 27.2. The van der Waals surface area contributed by atoms with Crippen molar-refractivity contribution in [2.45, 2.75) is 86.4 Å². The Morgan fingerprint density at radius 2 is 1.35 bits per heavy atom. The summed E-state index contributed by atoms with van der Waals surface area (Å²) in [6.45, 7) is -0.725. The molecule has 3 heterocycles. The third-order valence-electron chi connectivity index (χ3n) is 8.99. The van der Waals surface area contributed by atoms with Gasteiger partial charge in [-0.3, -0.25) is 14.4 Å². The summed E-state index contributed by atoms with van der Waals surface area (Å²) in [7, 11) is 0. The summed E-state index contributed by atoms with van der Waals surface area (Å²) in [5.41, 5.74) is -4.92. The molecular weight excluding hydrogens is 700 g/mol. The second-order valence-corrected chi connectivity index (χ2v) is 13.0. The highest BCUT2D eigenvalue weighted by molar-refractivity contribution is 5.92. The Labute approximate surface area is 292 Å². The maximum Gasteiger partial charge on any atom is 0.308 e. The van der Waals surface area contributed by atoms with E-state index in [-0.39, 0.29) is 17.1 Å². The van der Waals surface area contributed by atoms with Gasteiger partial charge in [0.05, 0.1) is 36.2 Å². The molecule has 0 radical (unpaired) electrons. The van der Waals surface area contributed by atoms with Crippen LogP contribution in [0.15, 0.2) is 39.5 Å². The van der Waals surface area contributed by atoms with E-state index in [4.69, 9.17) is 23.7 Å². The minimum Gasteiger partial charge on any atom is -0.508 e. The van der Waals surface area contributed by atoms with E-state index in [0.717, 1.165) is 13.0 Å². The van der Waals surface area contributed by atoms with Crippen LogP contribution in [0, 0.1) is 0 Å². The number of ether oxygens (including phenoxy) is 3. The molecule has 1 aromatic heterocycles. The Bertz CT molecular complexity index is 1850. The topological polar surface area (TPSA) is 335 Å². The number of benzene rings is 2. The minimum atomic E-state index is -2.18. The maximum atomic E-state index is 13.7. The number of aliphatic carboxylic acids is 1. The number of carbonyl (C=O) groups is 2. The molecule has 2 fully saturated rings. The van der Waals surface area contributed by atoms with Gasteiger partial charge in [-0.1, -0.05) is 0 Å². The number of aliphatic hydroxyl groups excluding tert-OH is 7. The molecule has 0 amide bonds. The first-order valence-corrected chi connectivity index (χ1v) is 15.8. The van der Waals surface area contributed by atoms with Gasteiger partial charge in [0, 0.05) is 11.6 Å². The number of carboxylic acids is 1. The standard InChI is InChI=1S/C33H38O19/c1-33(48,7-17(37)38)8-18(39)49-10-16-23(41)27(45)28(46)31(52-16)20-24(42)19-13(36)6-14(11-2-4-12(35)5-3-11)50-30(19)21(25(20)43)32-29(47)26(44)22(40)15(9-34)51-32/h2-6,15-16,22-23,26-29,31-32,34-35,40-48H,7-10H2,1H3,(H,37,38)/t15-,16-,22-,23-,26+,27+,28-,29-,31+,32+,33?/m1/s1. The van der Waals surface area contributed by atoms with Crippen LogP contribution in [0.3, 0.4) is 0 Å². The van der Waals surface area contributed by atoms with Crippen molar-refractivity contribution >= 4 is 22.9 Å².